The standard InChI is InChI=1S/C7H8F2N2O4S2/c8-5-3-1-2-4-6(5)11-17(14,15)7(9)16(10,12)13/h1-4,7,11H,(H2,10,12,13). The van der Waals surface area contributed by atoms with Crippen LogP contribution in [0.5, 0.6) is 0 Å². The maximum Gasteiger partial charge on any atom is 0.331 e. The van der Waals surface area contributed by atoms with Crippen LogP contribution < -0.4 is 9.86 Å². The van der Waals surface area contributed by atoms with E-state index < -0.39 is 36.4 Å². The smallest absolute Gasteiger partial charge is 0.277 e. The van der Waals surface area contributed by atoms with Gasteiger partial charge in [0.1, 0.15) is 5.82 Å². The molecule has 96 valence electrons. The topological polar surface area (TPSA) is 106 Å². The van der Waals surface area contributed by atoms with Gasteiger partial charge in [-0.2, -0.15) is 0 Å². The molecule has 0 aliphatic heterocycles. The first kappa shape index (κ1) is 13.8. The van der Waals surface area contributed by atoms with Crippen LogP contribution in [0.25, 0.3) is 0 Å². The fourth-order valence-electron chi connectivity index (χ4n) is 0.920. The Morgan fingerprint density at radius 3 is 2.18 bits per heavy atom. The van der Waals surface area contributed by atoms with Gasteiger partial charge >= 0.3 is 4.84 Å². The summed E-state index contributed by atoms with van der Waals surface area (Å²) >= 11 is 0. The molecule has 1 aromatic rings. The molecule has 1 unspecified atom stereocenters. The molecule has 1 atom stereocenters. The normalized spacial score (nSPS) is 14.3. The van der Waals surface area contributed by atoms with Crippen molar-refractivity contribution < 1.29 is 25.6 Å². The summed E-state index contributed by atoms with van der Waals surface area (Å²) in [6.07, 6.45) is 0. The molecule has 1 rings (SSSR count). The summed E-state index contributed by atoms with van der Waals surface area (Å²) in [5.74, 6) is -0.974. The quantitative estimate of drug-likeness (QED) is 0.819. The Morgan fingerprint density at radius 1 is 1.18 bits per heavy atom. The van der Waals surface area contributed by atoms with Crippen LogP contribution in [-0.4, -0.2) is 21.7 Å². The molecular formula is C7H8F2N2O4S2. The van der Waals surface area contributed by atoms with Crippen molar-refractivity contribution in [3.63, 3.8) is 0 Å². The summed E-state index contributed by atoms with van der Waals surface area (Å²) in [5, 5.41) is 4.34. The predicted molar refractivity (Wildman–Crippen MR) is 56.9 cm³/mol. The van der Waals surface area contributed by atoms with Crippen LogP contribution in [0.3, 0.4) is 0 Å². The second-order valence-corrected chi connectivity index (χ2v) is 6.59. The van der Waals surface area contributed by atoms with Crippen molar-refractivity contribution in [2.24, 2.45) is 5.14 Å². The van der Waals surface area contributed by atoms with Gasteiger partial charge in [-0.05, 0) is 12.1 Å². The van der Waals surface area contributed by atoms with Crippen molar-refractivity contribution in [3.8, 4) is 0 Å². The summed E-state index contributed by atoms with van der Waals surface area (Å²) in [6.45, 7) is 0. The van der Waals surface area contributed by atoms with Crippen molar-refractivity contribution in [1.29, 1.82) is 0 Å². The highest BCUT2D eigenvalue weighted by atomic mass is 32.3. The van der Waals surface area contributed by atoms with Crippen molar-refractivity contribution in [3.05, 3.63) is 30.1 Å². The third kappa shape index (κ3) is 3.35. The van der Waals surface area contributed by atoms with E-state index in [1.165, 1.54) is 16.9 Å². The van der Waals surface area contributed by atoms with E-state index in [2.05, 4.69) is 5.14 Å². The summed E-state index contributed by atoms with van der Waals surface area (Å²) in [4.78, 5) is -3.37. The number of hydrogen-bond donors (Lipinski definition) is 2. The SMILES string of the molecule is NS(=O)(=O)C(F)S(=O)(=O)Nc1ccccc1F. The minimum Gasteiger partial charge on any atom is -0.277 e. The molecule has 0 aliphatic rings. The van der Waals surface area contributed by atoms with E-state index >= 15 is 0 Å². The fraction of sp³-hybridized carbons (Fsp3) is 0.143. The first-order valence-electron chi connectivity index (χ1n) is 4.06. The first-order chi connectivity index (χ1) is 7.64. The molecule has 0 saturated carbocycles. The molecule has 0 radical (unpaired) electrons. The highest BCUT2D eigenvalue weighted by Crippen LogP contribution is 2.17. The number of rotatable bonds is 4. The lowest BCUT2D eigenvalue weighted by atomic mass is 10.3. The van der Waals surface area contributed by atoms with E-state index in [-0.39, 0.29) is 0 Å². The molecule has 0 bridgehead atoms. The maximum atomic E-state index is 13.0. The lowest BCUT2D eigenvalue weighted by Crippen LogP contribution is -2.35. The zero-order valence-electron chi connectivity index (χ0n) is 8.17. The highest BCUT2D eigenvalue weighted by molar-refractivity contribution is 8.08. The molecule has 0 heterocycles. The van der Waals surface area contributed by atoms with Crippen molar-refractivity contribution in [1.82, 2.24) is 0 Å². The van der Waals surface area contributed by atoms with Crippen molar-refractivity contribution in [2.45, 2.75) is 4.84 Å². The molecule has 6 nitrogen and oxygen atoms in total. The van der Waals surface area contributed by atoms with Crippen LogP contribution in [-0.2, 0) is 20.0 Å². The number of sulfonamides is 2. The van der Waals surface area contributed by atoms with Gasteiger partial charge in [0, 0.05) is 0 Å². The zero-order chi connectivity index (χ0) is 13.3. The molecule has 0 saturated heterocycles. The van der Waals surface area contributed by atoms with E-state index in [0.29, 0.717) is 0 Å². The number of alkyl halides is 1. The largest absolute Gasteiger partial charge is 0.331 e. The van der Waals surface area contributed by atoms with Gasteiger partial charge in [-0.1, -0.05) is 12.1 Å². The average molecular weight is 286 g/mol. The molecule has 0 amide bonds. The van der Waals surface area contributed by atoms with Gasteiger partial charge < -0.3 is 0 Å². The van der Waals surface area contributed by atoms with Gasteiger partial charge in [0.2, 0.25) is 0 Å². The zero-order valence-corrected chi connectivity index (χ0v) is 9.80. The van der Waals surface area contributed by atoms with Gasteiger partial charge in [-0.25, -0.2) is 30.8 Å². The van der Waals surface area contributed by atoms with E-state index in [1.54, 1.807) is 0 Å². The van der Waals surface area contributed by atoms with Gasteiger partial charge in [-0.15, -0.1) is 0 Å². The van der Waals surface area contributed by atoms with Crippen LogP contribution in [0, 0.1) is 5.82 Å². The Kier molecular flexibility index (Phi) is 3.69. The monoisotopic (exact) mass is 286 g/mol. The average Bonchev–Trinajstić information content (AvgIpc) is 2.19. The minimum absolute atomic E-state index is 0.571. The van der Waals surface area contributed by atoms with Crippen LogP contribution in [0.1, 0.15) is 0 Å². The number of hydrogen-bond acceptors (Lipinski definition) is 4. The van der Waals surface area contributed by atoms with Gasteiger partial charge in [0.05, 0.1) is 5.69 Å². The highest BCUT2D eigenvalue weighted by Gasteiger charge is 2.35. The number of primary sulfonamides is 1. The van der Waals surface area contributed by atoms with Gasteiger partial charge in [-0.3, -0.25) is 4.72 Å². The van der Waals surface area contributed by atoms with Crippen molar-refractivity contribution >= 4 is 25.7 Å². The molecule has 0 spiro atoms. The lowest BCUT2D eigenvalue weighted by molar-refractivity contribution is 0.480. The minimum atomic E-state index is -4.96. The maximum absolute atomic E-state index is 13.0. The molecule has 0 fully saturated rings. The number of halogens is 2. The number of nitrogens with one attached hydrogen (secondary N) is 1. The van der Waals surface area contributed by atoms with Crippen LogP contribution >= 0.6 is 0 Å². The number of nitrogens with two attached hydrogens (primary N) is 1. The second kappa shape index (κ2) is 4.55. The Bertz CT molecular complexity index is 615. The summed E-state index contributed by atoms with van der Waals surface area (Å²) in [5.41, 5.74) is -0.571. The summed E-state index contributed by atoms with van der Waals surface area (Å²) < 4.78 is 71.0. The van der Waals surface area contributed by atoms with Crippen LogP contribution in [0.15, 0.2) is 24.3 Å². The van der Waals surface area contributed by atoms with Gasteiger partial charge in [0.15, 0.2) is 0 Å². The first-order valence-corrected chi connectivity index (χ1v) is 7.22. The molecule has 0 aliphatic carbocycles. The van der Waals surface area contributed by atoms with Crippen LogP contribution in [0.2, 0.25) is 0 Å². The molecule has 17 heavy (non-hydrogen) atoms. The van der Waals surface area contributed by atoms with E-state index in [0.717, 1.165) is 12.1 Å². The summed E-state index contributed by atoms with van der Waals surface area (Å²) in [6, 6.07) is 4.48. The Labute approximate surface area is 96.5 Å². The number of benzene rings is 1. The summed E-state index contributed by atoms with van der Waals surface area (Å²) in [7, 11) is -9.90. The van der Waals surface area contributed by atoms with Gasteiger partial charge in [0.25, 0.3) is 20.0 Å². The Hall–Kier alpha value is -1.26. The Morgan fingerprint density at radius 2 is 1.71 bits per heavy atom. The fourth-order valence-corrected chi connectivity index (χ4v) is 3.04. The van der Waals surface area contributed by atoms with Crippen LogP contribution in [0.4, 0.5) is 14.5 Å². The third-order valence-electron chi connectivity index (χ3n) is 1.63. The molecule has 10 heteroatoms. The van der Waals surface area contributed by atoms with E-state index in [1.807, 2.05) is 0 Å². The second-order valence-electron chi connectivity index (χ2n) is 2.99. The third-order valence-corrected chi connectivity index (χ3v) is 4.70. The molecule has 0 aromatic heterocycles. The van der Waals surface area contributed by atoms with E-state index in [4.69, 9.17) is 0 Å². The predicted octanol–water partition coefficient (Wildman–Crippen LogP) is 0.109. The molecular weight excluding hydrogens is 278 g/mol. The van der Waals surface area contributed by atoms with Crippen molar-refractivity contribution in [2.75, 3.05) is 4.72 Å². The molecule has 1 aromatic carbocycles. The lowest BCUT2D eigenvalue weighted by Gasteiger charge is -2.10. The molecule has 3 N–H and O–H groups in total. The Balaban J connectivity index is 3.08. The number of para-hydroxylation sites is 1. The van der Waals surface area contributed by atoms with E-state index in [9.17, 15) is 25.6 Å². The number of anilines is 1.